The number of benzene rings is 2. The standard InChI is InChI=1S/C18H15N5O2S/c1-11(24)12-6-8-13(9-7-12)19-16(25)10-26-18-22-21-17-20-14-4-2-3-5-15(14)23(17)18/h2-9H,10H2,1H3,(H,19,25)(H,20,21). The number of thioether (sulfide) groups is 1. The van der Waals surface area contributed by atoms with Gasteiger partial charge in [0.15, 0.2) is 10.9 Å². The number of carbonyl (C=O) groups excluding carboxylic acids is 2. The summed E-state index contributed by atoms with van der Waals surface area (Å²) in [5, 5.41) is 10.6. The lowest BCUT2D eigenvalue weighted by Crippen LogP contribution is -2.14. The number of Topliss-reactive ketones (excluding diaryl/α,β-unsaturated/α-hetero) is 1. The number of hydrogen-bond acceptors (Lipinski definition) is 5. The third-order valence-corrected chi connectivity index (χ3v) is 4.85. The first kappa shape index (κ1) is 16.3. The minimum Gasteiger partial charge on any atom is -0.325 e. The third kappa shape index (κ3) is 3.06. The molecule has 7 nitrogen and oxygen atoms in total. The largest absolute Gasteiger partial charge is 0.325 e. The second kappa shape index (κ2) is 6.64. The van der Waals surface area contributed by atoms with Gasteiger partial charge in [0.05, 0.1) is 16.8 Å². The van der Waals surface area contributed by atoms with Gasteiger partial charge in [0.2, 0.25) is 11.7 Å². The number of aromatic nitrogens is 4. The Morgan fingerprint density at radius 1 is 1.15 bits per heavy atom. The molecule has 0 radical (unpaired) electrons. The van der Waals surface area contributed by atoms with Gasteiger partial charge >= 0.3 is 0 Å². The molecule has 0 aliphatic rings. The fourth-order valence-electron chi connectivity index (χ4n) is 2.65. The molecule has 8 heteroatoms. The molecule has 0 bridgehead atoms. The minimum absolute atomic E-state index is 0.00598. The van der Waals surface area contributed by atoms with Gasteiger partial charge in [0.1, 0.15) is 0 Å². The number of rotatable bonds is 5. The van der Waals surface area contributed by atoms with E-state index in [1.165, 1.54) is 18.7 Å². The summed E-state index contributed by atoms with van der Waals surface area (Å²) >= 11 is 1.33. The van der Waals surface area contributed by atoms with Gasteiger partial charge in [-0.05, 0) is 43.3 Å². The molecule has 2 aromatic heterocycles. The van der Waals surface area contributed by atoms with Gasteiger partial charge in [-0.25, -0.2) is 10.1 Å². The lowest BCUT2D eigenvalue weighted by Gasteiger charge is -2.05. The molecule has 0 spiro atoms. The summed E-state index contributed by atoms with van der Waals surface area (Å²) in [6, 6.07) is 14.6. The molecule has 130 valence electrons. The van der Waals surface area contributed by atoms with Crippen LogP contribution >= 0.6 is 11.8 Å². The molecule has 0 fully saturated rings. The Bertz CT molecular complexity index is 1110. The summed E-state index contributed by atoms with van der Waals surface area (Å²) in [4.78, 5) is 27.9. The molecule has 0 unspecified atom stereocenters. The van der Waals surface area contributed by atoms with E-state index >= 15 is 0 Å². The molecule has 26 heavy (non-hydrogen) atoms. The Labute approximate surface area is 152 Å². The number of amides is 1. The maximum Gasteiger partial charge on any atom is 0.234 e. The quantitative estimate of drug-likeness (QED) is 0.419. The van der Waals surface area contributed by atoms with Gasteiger partial charge in [0.25, 0.3) is 0 Å². The van der Waals surface area contributed by atoms with Crippen molar-refractivity contribution in [1.29, 1.82) is 0 Å². The van der Waals surface area contributed by atoms with Crippen molar-refractivity contribution in [2.24, 2.45) is 0 Å². The molecule has 0 saturated heterocycles. The highest BCUT2D eigenvalue weighted by Gasteiger charge is 2.13. The van der Waals surface area contributed by atoms with Crippen LogP contribution < -0.4 is 5.32 Å². The highest BCUT2D eigenvalue weighted by Crippen LogP contribution is 2.23. The number of fused-ring (bicyclic) bond motifs is 3. The number of aromatic amines is 1. The van der Waals surface area contributed by atoms with Gasteiger partial charge in [-0.3, -0.25) is 14.0 Å². The molecular formula is C18H15N5O2S. The number of nitrogens with zero attached hydrogens (tertiary/aromatic N) is 3. The molecule has 2 aromatic carbocycles. The number of hydrogen-bond donors (Lipinski definition) is 2. The maximum atomic E-state index is 12.2. The minimum atomic E-state index is -0.147. The number of imidazole rings is 1. The fourth-order valence-corrected chi connectivity index (χ4v) is 3.41. The molecule has 0 aliphatic heterocycles. The number of H-pyrrole nitrogens is 1. The van der Waals surface area contributed by atoms with Crippen LogP contribution in [0.15, 0.2) is 53.7 Å². The van der Waals surface area contributed by atoms with Gasteiger partial charge in [-0.15, -0.1) is 5.10 Å². The predicted molar refractivity (Wildman–Crippen MR) is 101 cm³/mol. The van der Waals surface area contributed by atoms with Crippen molar-refractivity contribution in [3.8, 4) is 0 Å². The number of anilines is 1. The van der Waals surface area contributed by atoms with E-state index in [0.717, 1.165) is 11.0 Å². The van der Waals surface area contributed by atoms with Crippen LogP contribution in [0, 0.1) is 0 Å². The molecule has 2 N–H and O–H groups in total. The molecule has 2 heterocycles. The van der Waals surface area contributed by atoms with Crippen molar-refractivity contribution in [2.45, 2.75) is 12.1 Å². The SMILES string of the molecule is CC(=O)c1ccc(NC(=O)CSc2n[nH]c3nc4ccccc4n23)cc1. The molecule has 0 saturated carbocycles. The topological polar surface area (TPSA) is 92.1 Å². The highest BCUT2D eigenvalue weighted by molar-refractivity contribution is 7.99. The number of nitrogens with one attached hydrogen (secondary N) is 2. The van der Waals surface area contributed by atoms with Crippen LogP contribution in [0.1, 0.15) is 17.3 Å². The Morgan fingerprint density at radius 2 is 1.92 bits per heavy atom. The summed E-state index contributed by atoms with van der Waals surface area (Å²) in [5.74, 6) is 0.703. The first-order valence-corrected chi connectivity index (χ1v) is 8.95. The van der Waals surface area contributed by atoms with Crippen LogP contribution in [0.2, 0.25) is 0 Å². The zero-order chi connectivity index (χ0) is 18.1. The van der Waals surface area contributed by atoms with Crippen LogP contribution in [0.3, 0.4) is 0 Å². The van der Waals surface area contributed by atoms with Crippen molar-refractivity contribution < 1.29 is 9.59 Å². The number of carbonyl (C=O) groups is 2. The second-order valence-corrected chi connectivity index (χ2v) is 6.68. The van der Waals surface area contributed by atoms with E-state index < -0.39 is 0 Å². The monoisotopic (exact) mass is 365 g/mol. The summed E-state index contributed by atoms with van der Waals surface area (Å²) in [5.41, 5.74) is 3.08. The van der Waals surface area contributed by atoms with Gasteiger partial charge in [-0.2, -0.15) is 0 Å². The second-order valence-electron chi connectivity index (χ2n) is 5.74. The number of para-hydroxylation sites is 2. The maximum absolute atomic E-state index is 12.2. The lowest BCUT2D eigenvalue weighted by molar-refractivity contribution is -0.113. The van der Waals surface area contributed by atoms with E-state index in [9.17, 15) is 9.59 Å². The van der Waals surface area contributed by atoms with Crippen molar-refractivity contribution in [1.82, 2.24) is 19.6 Å². The summed E-state index contributed by atoms with van der Waals surface area (Å²) < 4.78 is 1.90. The van der Waals surface area contributed by atoms with Crippen LogP contribution in [-0.4, -0.2) is 37.0 Å². The Balaban J connectivity index is 1.46. The van der Waals surface area contributed by atoms with E-state index in [2.05, 4.69) is 20.5 Å². The molecular weight excluding hydrogens is 350 g/mol. The fraction of sp³-hybridized carbons (Fsp3) is 0.111. The highest BCUT2D eigenvalue weighted by atomic mass is 32.2. The third-order valence-electron chi connectivity index (χ3n) is 3.91. The van der Waals surface area contributed by atoms with E-state index in [1.807, 2.05) is 28.7 Å². The van der Waals surface area contributed by atoms with Crippen LogP contribution in [0.25, 0.3) is 16.8 Å². The van der Waals surface area contributed by atoms with Crippen molar-refractivity contribution in [2.75, 3.05) is 11.1 Å². The van der Waals surface area contributed by atoms with Gasteiger partial charge in [0, 0.05) is 11.3 Å². The van der Waals surface area contributed by atoms with E-state index in [1.54, 1.807) is 24.3 Å². The summed E-state index contributed by atoms with van der Waals surface area (Å²) in [6.07, 6.45) is 0. The van der Waals surface area contributed by atoms with E-state index in [4.69, 9.17) is 0 Å². The average molecular weight is 365 g/mol. The predicted octanol–water partition coefficient (Wildman–Crippen LogP) is 3.14. The number of ketones is 1. The molecule has 4 rings (SSSR count). The zero-order valence-corrected chi connectivity index (χ0v) is 14.7. The molecule has 1 amide bonds. The van der Waals surface area contributed by atoms with Crippen LogP contribution in [-0.2, 0) is 4.79 Å². The molecule has 0 aliphatic carbocycles. The van der Waals surface area contributed by atoms with Crippen molar-refractivity contribution in [3.05, 3.63) is 54.1 Å². The summed E-state index contributed by atoms with van der Waals surface area (Å²) in [7, 11) is 0. The first-order chi connectivity index (χ1) is 12.6. The molecule has 0 atom stereocenters. The van der Waals surface area contributed by atoms with E-state index in [-0.39, 0.29) is 17.4 Å². The van der Waals surface area contributed by atoms with Crippen molar-refractivity contribution in [3.63, 3.8) is 0 Å². The van der Waals surface area contributed by atoms with Crippen LogP contribution in [0.4, 0.5) is 5.69 Å². The Kier molecular flexibility index (Phi) is 4.18. The first-order valence-electron chi connectivity index (χ1n) is 7.97. The Hall–Kier alpha value is -3.13. The van der Waals surface area contributed by atoms with Crippen molar-refractivity contribution >= 4 is 46.0 Å². The average Bonchev–Trinajstić information content (AvgIpc) is 3.19. The zero-order valence-electron chi connectivity index (χ0n) is 13.9. The van der Waals surface area contributed by atoms with Gasteiger partial charge < -0.3 is 5.32 Å². The Morgan fingerprint density at radius 3 is 2.69 bits per heavy atom. The smallest absolute Gasteiger partial charge is 0.234 e. The molecule has 4 aromatic rings. The lowest BCUT2D eigenvalue weighted by atomic mass is 10.1. The van der Waals surface area contributed by atoms with Crippen LogP contribution in [0.5, 0.6) is 0 Å². The summed E-state index contributed by atoms with van der Waals surface area (Å²) in [6.45, 7) is 1.51. The van der Waals surface area contributed by atoms with E-state index in [0.29, 0.717) is 22.2 Å². The van der Waals surface area contributed by atoms with Gasteiger partial charge in [-0.1, -0.05) is 23.9 Å². The normalized spacial score (nSPS) is 11.1.